The van der Waals surface area contributed by atoms with E-state index in [-0.39, 0.29) is 22.9 Å². The van der Waals surface area contributed by atoms with Gasteiger partial charge in [0.15, 0.2) is 0 Å². The lowest BCUT2D eigenvalue weighted by molar-refractivity contribution is 0.0923. The Bertz CT molecular complexity index is 717. The van der Waals surface area contributed by atoms with Gasteiger partial charge in [0.05, 0.1) is 0 Å². The second-order valence-corrected chi connectivity index (χ2v) is 6.15. The van der Waals surface area contributed by atoms with Crippen molar-refractivity contribution in [1.29, 1.82) is 0 Å². The van der Waals surface area contributed by atoms with Crippen LogP contribution in [0, 0.1) is 0 Å². The van der Waals surface area contributed by atoms with Crippen LogP contribution in [0.5, 0.6) is 0 Å². The van der Waals surface area contributed by atoms with Gasteiger partial charge in [-0.05, 0) is 18.6 Å². The number of hydrogen-bond acceptors (Lipinski definition) is 2. The number of aryl methyl sites for hydroxylation is 1. The number of amides is 1. The average molecular weight is 298 g/mol. The number of hydrogen-bond donors (Lipinski definition) is 1. The predicted octanol–water partition coefficient (Wildman–Crippen LogP) is 2.48. The van der Waals surface area contributed by atoms with Crippen LogP contribution < -0.4 is 10.9 Å². The van der Waals surface area contributed by atoms with E-state index < -0.39 is 0 Å². The molecule has 0 saturated heterocycles. The van der Waals surface area contributed by atoms with Crippen molar-refractivity contribution in [3.63, 3.8) is 0 Å². The zero-order chi connectivity index (χ0) is 16.3. The highest BCUT2D eigenvalue weighted by Crippen LogP contribution is 2.26. The lowest BCUT2D eigenvalue weighted by Crippen LogP contribution is -2.45. The number of aromatic nitrogens is 1. The Morgan fingerprint density at radius 1 is 1.18 bits per heavy atom. The number of pyridine rings is 1. The van der Waals surface area contributed by atoms with Crippen LogP contribution in [0.15, 0.2) is 53.5 Å². The van der Waals surface area contributed by atoms with Gasteiger partial charge in [-0.3, -0.25) is 9.59 Å². The van der Waals surface area contributed by atoms with E-state index in [0.29, 0.717) is 5.56 Å². The third kappa shape index (κ3) is 3.27. The normalized spacial score (nSPS) is 12.7. The third-order valence-corrected chi connectivity index (χ3v) is 4.31. The van der Waals surface area contributed by atoms with Crippen molar-refractivity contribution in [1.82, 2.24) is 9.88 Å². The summed E-state index contributed by atoms with van der Waals surface area (Å²) in [5.41, 5.74) is 1.14. The molecule has 0 unspecified atom stereocenters. The number of rotatable bonds is 4. The first-order valence-electron chi connectivity index (χ1n) is 7.35. The molecule has 2 aromatic rings. The van der Waals surface area contributed by atoms with E-state index in [1.807, 2.05) is 25.1 Å². The first-order valence-corrected chi connectivity index (χ1v) is 7.35. The van der Waals surface area contributed by atoms with E-state index in [9.17, 15) is 9.59 Å². The Balaban J connectivity index is 2.17. The highest BCUT2D eigenvalue weighted by atomic mass is 16.2. The van der Waals surface area contributed by atoms with Crippen LogP contribution in [0.3, 0.4) is 0 Å². The third-order valence-electron chi connectivity index (χ3n) is 4.31. The van der Waals surface area contributed by atoms with Crippen LogP contribution in [-0.2, 0) is 12.5 Å². The molecule has 1 heterocycles. The van der Waals surface area contributed by atoms with Crippen LogP contribution in [-0.4, -0.2) is 16.5 Å². The number of benzene rings is 1. The van der Waals surface area contributed by atoms with Gasteiger partial charge in [-0.25, -0.2) is 0 Å². The van der Waals surface area contributed by atoms with Gasteiger partial charge in [-0.15, -0.1) is 0 Å². The predicted molar refractivity (Wildman–Crippen MR) is 88.1 cm³/mol. The summed E-state index contributed by atoms with van der Waals surface area (Å²) in [5, 5.41) is 2.99. The van der Waals surface area contributed by atoms with Gasteiger partial charge in [0.1, 0.15) is 0 Å². The summed E-state index contributed by atoms with van der Waals surface area (Å²) in [5.74, 6) is -0.228. The molecule has 0 bridgehead atoms. The molecule has 0 spiro atoms. The lowest BCUT2D eigenvalue weighted by atomic mass is 9.78. The molecular formula is C18H22N2O2. The van der Waals surface area contributed by atoms with Crippen molar-refractivity contribution in [2.45, 2.75) is 32.2 Å². The van der Waals surface area contributed by atoms with E-state index in [0.717, 1.165) is 5.56 Å². The zero-order valence-corrected chi connectivity index (χ0v) is 13.5. The Morgan fingerprint density at radius 2 is 1.82 bits per heavy atom. The highest BCUT2D eigenvalue weighted by molar-refractivity contribution is 5.94. The summed E-state index contributed by atoms with van der Waals surface area (Å²) in [6.07, 6.45) is 1.60. The Labute approximate surface area is 130 Å². The molecule has 2 rings (SSSR count). The summed E-state index contributed by atoms with van der Waals surface area (Å²) < 4.78 is 1.44. The second kappa shape index (κ2) is 6.18. The van der Waals surface area contributed by atoms with E-state index in [1.54, 1.807) is 19.3 Å². The smallest absolute Gasteiger partial charge is 0.251 e. The van der Waals surface area contributed by atoms with Crippen LogP contribution in [0.4, 0.5) is 0 Å². The van der Waals surface area contributed by atoms with Crippen molar-refractivity contribution in [2.24, 2.45) is 7.05 Å². The summed E-state index contributed by atoms with van der Waals surface area (Å²) >= 11 is 0. The van der Waals surface area contributed by atoms with Crippen molar-refractivity contribution in [2.75, 3.05) is 0 Å². The first-order chi connectivity index (χ1) is 10.3. The molecule has 0 radical (unpaired) electrons. The van der Waals surface area contributed by atoms with Gasteiger partial charge >= 0.3 is 0 Å². The maximum absolute atomic E-state index is 12.3. The van der Waals surface area contributed by atoms with Gasteiger partial charge in [-0.2, -0.15) is 0 Å². The van der Waals surface area contributed by atoms with Crippen molar-refractivity contribution in [3.05, 3.63) is 70.1 Å². The van der Waals surface area contributed by atoms with Gasteiger partial charge in [-0.1, -0.05) is 44.2 Å². The monoisotopic (exact) mass is 298 g/mol. The molecule has 4 nitrogen and oxygen atoms in total. The van der Waals surface area contributed by atoms with Crippen molar-refractivity contribution in [3.8, 4) is 0 Å². The van der Waals surface area contributed by atoms with Crippen LogP contribution >= 0.6 is 0 Å². The maximum Gasteiger partial charge on any atom is 0.251 e. The van der Waals surface area contributed by atoms with E-state index in [1.165, 1.54) is 10.6 Å². The Hall–Kier alpha value is -2.36. The Morgan fingerprint density at radius 3 is 2.41 bits per heavy atom. The summed E-state index contributed by atoms with van der Waals surface area (Å²) in [6, 6.07) is 13.0. The van der Waals surface area contributed by atoms with Crippen LogP contribution in [0.2, 0.25) is 0 Å². The van der Waals surface area contributed by atoms with Gasteiger partial charge < -0.3 is 9.88 Å². The van der Waals surface area contributed by atoms with Crippen LogP contribution in [0.25, 0.3) is 0 Å². The van der Waals surface area contributed by atoms with Crippen molar-refractivity contribution < 1.29 is 4.79 Å². The molecule has 0 aliphatic carbocycles. The topological polar surface area (TPSA) is 51.1 Å². The second-order valence-electron chi connectivity index (χ2n) is 6.15. The first kappa shape index (κ1) is 16.0. The molecule has 1 atom stereocenters. The van der Waals surface area contributed by atoms with E-state index in [2.05, 4.69) is 31.3 Å². The minimum absolute atomic E-state index is 0.0774. The number of carbonyl (C=O) groups is 1. The molecule has 0 fully saturated rings. The molecule has 0 aliphatic heterocycles. The average Bonchev–Trinajstić information content (AvgIpc) is 2.50. The molecule has 1 aromatic carbocycles. The molecule has 0 aliphatic rings. The molecule has 4 heteroatoms. The number of carbonyl (C=O) groups excluding carboxylic acids is 1. The fourth-order valence-electron chi connectivity index (χ4n) is 2.27. The maximum atomic E-state index is 12.3. The Kier molecular flexibility index (Phi) is 4.50. The molecule has 22 heavy (non-hydrogen) atoms. The van der Waals surface area contributed by atoms with Crippen molar-refractivity contribution >= 4 is 5.91 Å². The largest absolute Gasteiger partial charge is 0.349 e. The molecule has 116 valence electrons. The standard InChI is InChI=1S/C18H22N2O2/c1-13(18(2,3)15-8-6-5-7-9-15)19-17(22)14-10-11-20(4)16(21)12-14/h5-13H,1-4H3,(H,19,22)/t13-/m1/s1. The quantitative estimate of drug-likeness (QED) is 0.943. The minimum Gasteiger partial charge on any atom is -0.349 e. The fraction of sp³-hybridized carbons (Fsp3) is 0.333. The summed E-state index contributed by atoms with van der Waals surface area (Å²) in [7, 11) is 1.66. The summed E-state index contributed by atoms with van der Waals surface area (Å²) in [6.45, 7) is 6.17. The molecular weight excluding hydrogens is 276 g/mol. The SMILES string of the molecule is C[C@@H](NC(=O)c1ccn(C)c(=O)c1)C(C)(C)c1ccccc1. The number of nitrogens with zero attached hydrogens (tertiary/aromatic N) is 1. The van der Waals surface area contributed by atoms with Gasteiger partial charge in [0.2, 0.25) is 0 Å². The van der Waals surface area contributed by atoms with Gasteiger partial charge in [0, 0.05) is 36.3 Å². The molecule has 1 amide bonds. The fourth-order valence-corrected chi connectivity index (χ4v) is 2.27. The van der Waals surface area contributed by atoms with E-state index in [4.69, 9.17) is 0 Å². The van der Waals surface area contributed by atoms with E-state index >= 15 is 0 Å². The molecule has 1 N–H and O–H groups in total. The summed E-state index contributed by atoms with van der Waals surface area (Å²) in [4.78, 5) is 24.0. The zero-order valence-electron chi connectivity index (χ0n) is 13.5. The number of nitrogens with one attached hydrogen (secondary N) is 1. The lowest BCUT2D eigenvalue weighted by Gasteiger charge is -2.33. The molecule has 0 saturated carbocycles. The van der Waals surface area contributed by atoms with Crippen LogP contribution in [0.1, 0.15) is 36.7 Å². The highest BCUT2D eigenvalue weighted by Gasteiger charge is 2.29. The minimum atomic E-state index is -0.228. The van der Waals surface area contributed by atoms with Gasteiger partial charge in [0.25, 0.3) is 11.5 Å². The molecule has 1 aromatic heterocycles.